The predicted molar refractivity (Wildman–Crippen MR) is 76.8 cm³/mol. The first-order valence-electron chi connectivity index (χ1n) is 7.27. The summed E-state index contributed by atoms with van der Waals surface area (Å²) in [7, 11) is 0.977. The van der Waals surface area contributed by atoms with Crippen LogP contribution in [0.15, 0.2) is 0 Å². The van der Waals surface area contributed by atoms with Gasteiger partial charge in [-0.2, -0.15) is 0 Å². The van der Waals surface area contributed by atoms with Crippen LogP contribution in [-0.4, -0.2) is 55.5 Å². The summed E-state index contributed by atoms with van der Waals surface area (Å²) in [5.41, 5.74) is 0. The Bertz CT molecular complexity index is 335. The predicted octanol–water partition coefficient (Wildman–Crippen LogP) is 3.44. The quantitative estimate of drug-likeness (QED) is 0.555. The molecule has 19 heavy (non-hydrogen) atoms. The SMILES string of the molecule is CC[N+](C)(CC)[C@H]1CCCC[C@@H]1OP(=O)(F)N(C)C. The maximum atomic E-state index is 14.0. The molecule has 0 radical (unpaired) electrons. The van der Waals surface area contributed by atoms with Gasteiger partial charge in [0.1, 0.15) is 12.1 Å². The summed E-state index contributed by atoms with van der Waals surface area (Å²) in [6, 6.07) is 0.243. The van der Waals surface area contributed by atoms with Crippen LogP contribution in [0.2, 0.25) is 0 Å². The van der Waals surface area contributed by atoms with Crippen molar-refractivity contribution in [2.45, 2.75) is 51.7 Å². The Balaban J connectivity index is 2.87. The summed E-state index contributed by atoms with van der Waals surface area (Å²) < 4.78 is 33.2. The molecule has 4 nitrogen and oxygen atoms in total. The average molecular weight is 295 g/mol. The second kappa shape index (κ2) is 6.66. The normalized spacial score (nSPS) is 28.4. The molecule has 0 bridgehead atoms. The van der Waals surface area contributed by atoms with Crippen LogP contribution < -0.4 is 0 Å². The summed E-state index contributed by atoms with van der Waals surface area (Å²) in [6.07, 6.45) is 3.77. The average Bonchev–Trinajstić information content (AvgIpc) is 2.38. The minimum atomic E-state index is -4.14. The van der Waals surface area contributed by atoms with Gasteiger partial charge in [-0.25, -0.2) is 9.24 Å². The van der Waals surface area contributed by atoms with Crippen molar-refractivity contribution in [2.75, 3.05) is 34.2 Å². The van der Waals surface area contributed by atoms with E-state index in [1.165, 1.54) is 14.1 Å². The maximum Gasteiger partial charge on any atom is 0.445 e. The van der Waals surface area contributed by atoms with E-state index in [2.05, 4.69) is 20.9 Å². The fourth-order valence-corrected chi connectivity index (χ4v) is 3.64. The Morgan fingerprint density at radius 2 is 1.79 bits per heavy atom. The lowest BCUT2D eigenvalue weighted by atomic mass is 9.90. The second-order valence-electron chi connectivity index (χ2n) is 5.91. The van der Waals surface area contributed by atoms with Crippen LogP contribution in [0.5, 0.6) is 0 Å². The number of likely N-dealkylation sites (N-methyl/N-ethyl adjacent to an activating group) is 1. The third-order valence-corrected chi connectivity index (χ3v) is 6.14. The number of quaternary nitrogens is 1. The van der Waals surface area contributed by atoms with E-state index >= 15 is 0 Å². The van der Waals surface area contributed by atoms with Gasteiger partial charge >= 0.3 is 7.83 Å². The van der Waals surface area contributed by atoms with Gasteiger partial charge < -0.3 is 4.48 Å². The number of rotatable bonds is 6. The summed E-state index contributed by atoms with van der Waals surface area (Å²) >= 11 is 0. The van der Waals surface area contributed by atoms with Crippen LogP contribution in [0.4, 0.5) is 4.20 Å². The fraction of sp³-hybridized carbons (Fsp3) is 1.00. The van der Waals surface area contributed by atoms with Crippen molar-refractivity contribution in [3.63, 3.8) is 0 Å². The lowest BCUT2D eigenvalue weighted by Gasteiger charge is -2.45. The molecule has 0 saturated heterocycles. The smallest absolute Gasteiger partial charge is 0.322 e. The van der Waals surface area contributed by atoms with E-state index in [-0.39, 0.29) is 12.1 Å². The van der Waals surface area contributed by atoms with Crippen LogP contribution in [0, 0.1) is 0 Å². The Morgan fingerprint density at radius 3 is 2.26 bits per heavy atom. The molecule has 0 aromatic rings. The lowest BCUT2D eigenvalue weighted by Crippen LogP contribution is -2.58. The van der Waals surface area contributed by atoms with E-state index in [1.54, 1.807) is 0 Å². The van der Waals surface area contributed by atoms with Crippen molar-refractivity contribution in [3.05, 3.63) is 0 Å². The van der Waals surface area contributed by atoms with Crippen LogP contribution in [0.1, 0.15) is 39.5 Å². The van der Waals surface area contributed by atoms with Crippen molar-refractivity contribution >= 4 is 7.83 Å². The van der Waals surface area contributed by atoms with E-state index in [0.717, 1.165) is 47.9 Å². The molecule has 3 atom stereocenters. The zero-order valence-electron chi connectivity index (χ0n) is 12.9. The van der Waals surface area contributed by atoms with Crippen LogP contribution in [0.25, 0.3) is 0 Å². The van der Waals surface area contributed by atoms with Crippen molar-refractivity contribution in [3.8, 4) is 0 Å². The van der Waals surface area contributed by atoms with Crippen LogP contribution in [-0.2, 0) is 9.09 Å². The van der Waals surface area contributed by atoms with Crippen molar-refractivity contribution in [1.29, 1.82) is 0 Å². The minimum Gasteiger partial charge on any atom is -0.322 e. The van der Waals surface area contributed by atoms with E-state index in [9.17, 15) is 8.76 Å². The van der Waals surface area contributed by atoms with Gasteiger partial charge in [-0.15, -0.1) is 4.20 Å². The Hall–Kier alpha value is 0.0400. The largest absolute Gasteiger partial charge is 0.445 e. The number of hydrogen-bond acceptors (Lipinski definition) is 2. The van der Waals surface area contributed by atoms with E-state index < -0.39 is 7.83 Å². The molecule has 0 aromatic heterocycles. The van der Waals surface area contributed by atoms with Gasteiger partial charge in [0.2, 0.25) is 0 Å². The fourth-order valence-electron chi connectivity index (χ4n) is 2.87. The van der Waals surface area contributed by atoms with Gasteiger partial charge in [-0.05, 0) is 40.8 Å². The highest BCUT2D eigenvalue weighted by Gasteiger charge is 2.43. The van der Waals surface area contributed by atoms with Crippen LogP contribution >= 0.6 is 7.83 Å². The molecule has 1 fully saturated rings. The zero-order valence-corrected chi connectivity index (χ0v) is 13.8. The molecule has 0 amide bonds. The summed E-state index contributed by atoms with van der Waals surface area (Å²) in [6.45, 7) is 6.27. The van der Waals surface area contributed by atoms with Gasteiger partial charge in [-0.3, -0.25) is 4.52 Å². The van der Waals surface area contributed by atoms with Gasteiger partial charge in [0, 0.05) is 6.42 Å². The van der Waals surface area contributed by atoms with E-state index in [4.69, 9.17) is 4.52 Å². The molecular formula is C13H29FN2O2P+. The third-order valence-electron chi connectivity index (χ3n) is 4.66. The highest BCUT2D eigenvalue weighted by molar-refractivity contribution is 7.50. The number of halogens is 1. The highest BCUT2D eigenvalue weighted by atomic mass is 31.2. The molecule has 0 aromatic carbocycles. The molecule has 0 heterocycles. The van der Waals surface area contributed by atoms with E-state index in [1.807, 2.05) is 0 Å². The molecule has 114 valence electrons. The Morgan fingerprint density at radius 1 is 1.26 bits per heavy atom. The zero-order chi connectivity index (χ0) is 14.7. The lowest BCUT2D eigenvalue weighted by molar-refractivity contribution is -0.934. The first-order valence-corrected chi connectivity index (χ1v) is 8.73. The topological polar surface area (TPSA) is 29.5 Å². The van der Waals surface area contributed by atoms with Crippen LogP contribution in [0.3, 0.4) is 0 Å². The van der Waals surface area contributed by atoms with Gasteiger partial charge in [-0.1, -0.05) is 6.42 Å². The molecule has 1 aliphatic rings. The standard InChI is InChI=1S/C13H29FN2O2P/c1-6-16(5,7-2)12-10-8-9-11-13(12)18-19(14,17)15(3)4/h12-13H,6-11H2,1-5H3/q+1/t12-,13-,19?/m0/s1. The minimum absolute atomic E-state index is 0.239. The van der Waals surface area contributed by atoms with Crippen molar-refractivity contribution in [1.82, 2.24) is 4.67 Å². The summed E-state index contributed by atoms with van der Waals surface area (Å²) in [5.74, 6) is 0. The molecule has 0 N–H and O–H groups in total. The number of nitrogens with zero attached hydrogens (tertiary/aromatic N) is 2. The number of hydrogen-bond donors (Lipinski definition) is 0. The van der Waals surface area contributed by atoms with Gasteiger partial charge in [0.25, 0.3) is 0 Å². The third kappa shape index (κ3) is 4.01. The molecule has 1 rings (SSSR count). The Labute approximate surface area is 117 Å². The first-order chi connectivity index (χ1) is 8.77. The van der Waals surface area contributed by atoms with Crippen molar-refractivity contribution < 1.29 is 17.8 Å². The molecule has 1 saturated carbocycles. The van der Waals surface area contributed by atoms with E-state index in [0.29, 0.717) is 0 Å². The molecule has 1 aliphatic carbocycles. The molecule has 1 unspecified atom stereocenters. The summed E-state index contributed by atoms with van der Waals surface area (Å²) in [5, 5.41) is 0. The molecular weight excluding hydrogens is 266 g/mol. The van der Waals surface area contributed by atoms with Gasteiger partial charge in [0.15, 0.2) is 0 Å². The first kappa shape index (κ1) is 17.1. The van der Waals surface area contributed by atoms with Gasteiger partial charge in [0.05, 0.1) is 20.1 Å². The maximum absolute atomic E-state index is 14.0. The molecule has 0 aliphatic heterocycles. The van der Waals surface area contributed by atoms with Crippen molar-refractivity contribution in [2.24, 2.45) is 0 Å². The second-order valence-corrected chi connectivity index (χ2v) is 7.82. The molecule has 6 heteroatoms. The highest BCUT2D eigenvalue weighted by Crippen LogP contribution is 2.53. The molecule has 0 spiro atoms. The monoisotopic (exact) mass is 295 g/mol. The Kier molecular flexibility index (Phi) is 5.99. The summed E-state index contributed by atoms with van der Waals surface area (Å²) in [4.78, 5) is 0.